The molecular formula is C11H14N4OS. The van der Waals surface area contributed by atoms with Crippen LogP contribution in [0.4, 0.5) is 0 Å². The minimum atomic E-state index is -0.107. The van der Waals surface area contributed by atoms with Crippen molar-refractivity contribution in [3.05, 3.63) is 29.4 Å². The highest BCUT2D eigenvalue weighted by molar-refractivity contribution is 7.14. The van der Waals surface area contributed by atoms with Crippen LogP contribution < -0.4 is 0 Å². The molecule has 0 fully saturated rings. The zero-order chi connectivity index (χ0) is 12.3. The molecular weight excluding hydrogens is 236 g/mol. The SMILES string of the molecule is CN(C)C(CO)c1nnc(-c2ccccn2)s1. The second-order valence-electron chi connectivity index (χ2n) is 3.82. The lowest BCUT2D eigenvalue weighted by molar-refractivity contribution is 0.170. The van der Waals surface area contributed by atoms with Crippen LogP contribution >= 0.6 is 11.3 Å². The Bertz CT molecular complexity index is 471. The Morgan fingerprint density at radius 3 is 2.76 bits per heavy atom. The molecule has 2 heterocycles. The molecule has 1 atom stereocenters. The van der Waals surface area contributed by atoms with Crippen molar-refractivity contribution in [2.75, 3.05) is 20.7 Å². The van der Waals surface area contributed by atoms with Gasteiger partial charge in [-0.3, -0.25) is 9.88 Å². The van der Waals surface area contributed by atoms with Gasteiger partial charge in [-0.1, -0.05) is 17.4 Å². The topological polar surface area (TPSA) is 62.1 Å². The molecule has 0 aliphatic heterocycles. The average molecular weight is 250 g/mol. The van der Waals surface area contributed by atoms with Gasteiger partial charge in [0.15, 0.2) is 5.01 Å². The van der Waals surface area contributed by atoms with Crippen molar-refractivity contribution in [3.8, 4) is 10.7 Å². The average Bonchev–Trinajstić information content (AvgIpc) is 2.80. The maximum absolute atomic E-state index is 9.31. The van der Waals surface area contributed by atoms with E-state index in [0.29, 0.717) is 0 Å². The molecule has 1 N–H and O–H groups in total. The Labute approximate surface area is 104 Å². The van der Waals surface area contributed by atoms with Gasteiger partial charge in [0.2, 0.25) is 0 Å². The molecule has 0 aromatic carbocycles. The van der Waals surface area contributed by atoms with Crippen LogP contribution in [0, 0.1) is 0 Å². The Morgan fingerprint density at radius 2 is 2.18 bits per heavy atom. The molecule has 0 radical (unpaired) electrons. The van der Waals surface area contributed by atoms with Crippen molar-refractivity contribution in [3.63, 3.8) is 0 Å². The van der Waals surface area contributed by atoms with Crippen LogP contribution in [0.25, 0.3) is 10.7 Å². The summed E-state index contributed by atoms with van der Waals surface area (Å²) in [5.74, 6) is 0. The highest BCUT2D eigenvalue weighted by Crippen LogP contribution is 2.26. The van der Waals surface area contributed by atoms with E-state index in [9.17, 15) is 5.11 Å². The summed E-state index contributed by atoms with van der Waals surface area (Å²) in [4.78, 5) is 6.14. The fourth-order valence-corrected chi connectivity index (χ4v) is 2.43. The summed E-state index contributed by atoms with van der Waals surface area (Å²) in [6, 6.07) is 5.57. The molecule has 2 aromatic heterocycles. The van der Waals surface area contributed by atoms with Crippen LogP contribution in [0.5, 0.6) is 0 Å². The summed E-state index contributed by atoms with van der Waals surface area (Å²) in [5, 5.41) is 19.1. The lowest BCUT2D eigenvalue weighted by atomic mass is 10.3. The first-order valence-electron chi connectivity index (χ1n) is 5.24. The number of hydrogen-bond donors (Lipinski definition) is 1. The maximum atomic E-state index is 9.31. The quantitative estimate of drug-likeness (QED) is 0.883. The van der Waals surface area contributed by atoms with Gasteiger partial charge in [-0.15, -0.1) is 10.2 Å². The molecule has 90 valence electrons. The Kier molecular flexibility index (Phi) is 3.78. The highest BCUT2D eigenvalue weighted by Gasteiger charge is 2.18. The van der Waals surface area contributed by atoms with Gasteiger partial charge < -0.3 is 5.11 Å². The predicted molar refractivity (Wildman–Crippen MR) is 66.7 cm³/mol. The third kappa shape index (κ3) is 2.66. The van der Waals surface area contributed by atoms with Gasteiger partial charge >= 0.3 is 0 Å². The van der Waals surface area contributed by atoms with Crippen LogP contribution in [0.3, 0.4) is 0 Å². The zero-order valence-electron chi connectivity index (χ0n) is 9.74. The van der Waals surface area contributed by atoms with E-state index in [0.717, 1.165) is 15.7 Å². The van der Waals surface area contributed by atoms with Crippen LogP contribution in [0.2, 0.25) is 0 Å². The lowest BCUT2D eigenvalue weighted by Crippen LogP contribution is -2.22. The lowest BCUT2D eigenvalue weighted by Gasteiger charge is -2.18. The minimum Gasteiger partial charge on any atom is -0.394 e. The molecule has 0 aliphatic rings. The molecule has 0 amide bonds. The largest absolute Gasteiger partial charge is 0.394 e. The smallest absolute Gasteiger partial charge is 0.166 e. The first kappa shape index (κ1) is 12.1. The van der Waals surface area contributed by atoms with Crippen molar-refractivity contribution in [1.82, 2.24) is 20.1 Å². The normalized spacial score (nSPS) is 12.9. The third-order valence-electron chi connectivity index (χ3n) is 2.41. The monoisotopic (exact) mass is 250 g/mol. The molecule has 0 saturated heterocycles. The van der Waals surface area contributed by atoms with Crippen LogP contribution in [0.15, 0.2) is 24.4 Å². The molecule has 0 bridgehead atoms. The van der Waals surface area contributed by atoms with E-state index < -0.39 is 0 Å². The van der Waals surface area contributed by atoms with Gasteiger partial charge in [0.05, 0.1) is 12.6 Å². The van der Waals surface area contributed by atoms with Gasteiger partial charge in [-0.05, 0) is 26.2 Å². The number of aliphatic hydroxyl groups is 1. The van der Waals surface area contributed by atoms with Crippen molar-refractivity contribution in [1.29, 1.82) is 0 Å². The second kappa shape index (κ2) is 5.31. The first-order chi connectivity index (χ1) is 8.22. The van der Waals surface area contributed by atoms with E-state index >= 15 is 0 Å². The van der Waals surface area contributed by atoms with E-state index in [1.54, 1.807) is 6.20 Å². The van der Waals surface area contributed by atoms with Gasteiger partial charge in [0.25, 0.3) is 0 Å². The van der Waals surface area contributed by atoms with Crippen molar-refractivity contribution >= 4 is 11.3 Å². The van der Waals surface area contributed by atoms with Gasteiger partial charge in [-0.2, -0.15) is 0 Å². The van der Waals surface area contributed by atoms with Crippen LogP contribution in [0.1, 0.15) is 11.0 Å². The number of pyridine rings is 1. The fourth-order valence-electron chi connectivity index (χ4n) is 1.42. The number of aromatic nitrogens is 3. The number of rotatable bonds is 4. The standard InChI is InChI=1S/C11H14N4OS/c1-15(2)9(7-16)11-14-13-10(17-11)8-5-3-4-6-12-8/h3-6,9,16H,7H2,1-2H3. The van der Waals surface area contributed by atoms with E-state index in [1.165, 1.54) is 11.3 Å². The van der Waals surface area contributed by atoms with E-state index in [1.807, 2.05) is 37.2 Å². The zero-order valence-corrected chi connectivity index (χ0v) is 10.6. The molecule has 2 rings (SSSR count). The molecule has 1 unspecified atom stereocenters. The summed E-state index contributed by atoms with van der Waals surface area (Å²) < 4.78 is 0. The fraction of sp³-hybridized carbons (Fsp3) is 0.364. The van der Waals surface area contributed by atoms with Crippen molar-refractivity contribution in [2.24, 2.45) is 0 Å². The number of likely N-dealkylation sites (N-methyl/N-ethyl adjacent to an activating group) is 1. The maximum Gasteiger partial charge on any atom is 0.166 e. The summed E-state index contributed by atoms with van der Waals surface area (Å²) in [6.07, 6.45) is 1.73. The van der Waals surface area contributed by atoms with E-state index in [2.05, 4.69) is 15.2 Å². The van der Waals surface area contributed by atoms with E-state index in [4.69, 9.17) is 0 Å². The predicted octanol–water partition coefficient (Wildman–Crippen LogP) is 1.20. The first-order valence-corrected chi connectivity index (χ1v) is 6.06. The Hall–Kier alpha value is -1.37. The second-order valence-corrected chi connectivity index (χ2v) is 4.83. The Balaban J connectivity index is 2.27. The number of nitrogens with zero attached hydrogens (tertiary/aromatic N) is 4. The van der Waals surface area contributed by atoms with Crippen LogP contribution in [-0.2, 0) is 0 Å². The molecule has 6 heteroatoms. The summed E-state index contributed by atoms with van der Waals surface area (Å²) in [5.41, 5.74) is 0.812. The van der Waals surface area contributed by atoms with Gasteiger partial charge in [0, 0.05) is 6.20 Å². The van der Waals surface area contributed by atoms with Gasteiger partial charge in [0.1, 0.15) is 10.7 Å². The summed E-state index contributed by atoms with van der Waals surface area (Å²) >= 11 is 1.46. The molecule has 0 saturated carbocycles. The molecule has 5 nitrogen and oxygen atoms in total. The minimum absolute atomic E-state index is 0.0316. The number of hydrogen-bond acceptors (Lipinski definition) is 6. The van der Waals surface area contributed by atoms with Crippen molar-refractivity contribution in [2.45, 2.75) is 6.04 Å². The number of aliphatic hydroxyl groups excluding tert-OH is 1. The Morgan fingerprint density at radius 1 is 1.35 bits per heavy atom. The van der Waals surface area contributed by atoms with Crippen LogP contribution in [-0.4, -0.2) is 45.9 Å². The summed E-state index contributed by atoms with van der Waals surface area (Å²) in [6.45, 7) is 0.0316. The summed E-state index contributed by atoms with van der Waals surface area (Å²) in [7, 11) is 3.81. The molecule has 17 heavy (non-hydrogen) atoms. The van der Waals surface area contributed by atoms with Crippen molar-refractivity contribution < 1.29 is 5.11 Å². The third-order valence-corrected chi connectivity index (χ3v) is 3.45. The van der Waals surface area contributed by atoms with E-state index in [-0.39, 0.29) is 12.6 Å². The molecule has 0 aliphatic carbocycles. The highest BCUT2D eigenvalue weighted by atomic mass is 32.1. The molecule has 0 spiro atoms. The van der Waals surface area contributed by atoms with Gasteiger partial charge in [-0.25, -0.2) is 0 Å². The molecule has 2 aromatic rings.